The first kappa shape index (κ1) is 15.5. The van der Waals surface area contributed by atoms with Crippen molar-refractivity contribution in [3.63, 3.8) is 0 Å². The van der Waals surface area contributed by atoms with Gasteiger partial charge in [-0.1, -0.05) is 0 Å². The first-order valence-electron chi connectivity index (χ1n) is 5.62. The SMILES string of the molecule is C[C@]1(C([C@@]2(C)NC(=O)NC2=O)S(=O)(=O)Cl)NC(=O)NC1=O. The predicted molar refractivity (Wildman–Crippen MR) is 68.7 cm³/mol. The van der Waals surface area contributed by atoms with Gasteiger partial charge >= 0.3 is 12.1 Å². The topological polar surface area (TPSA) is 151 Å². The molecule has 12 heteroatoms. The molecule has 0 aromatic carbocycles. The van der Waals surface area contributed by atoms with E-state index in [0.29, 0.717) is 0 Å². The first-order valence-corrected chi connectivity index (χ1v) is 7.99. The van der Waals surface area contributed by atoms with Crippen molar-refractivity contribution in [2.24, 2.45) is 0 Å². The highest BCUT2D eigenvalue weighted by Crippen LogP contribution is 2.34. The maximum Gasteiger partial charge on any atom is 0.322 e. The Kier molecular flexibility index (Phi) is 3.18. The lowest BCUT2D eigenvalue weighted by atomic mass is 9.83. The zero-order valence-electron chi connectivity index (χ0n) is 10.8. The van der Waals surface area contributed by atoms with Crippen molar-refractivity contribution in [1.29, 1.82) is 0 Å². The summed E-state index contributed by atoms with van der Waals surface area (Å²) in [5.74, 6) is -1.95. The summed E-state index contributed by atoms with van der Waals surface area (Å²) >= 11 is 0. The van der Waals surface area contributed by atoms with Crippen molar-refractivity contribution in [2.75, 3.05) is 0 Å². The second-order valence-corrected chi connectivity index (χ2v) is 7.79. The van der Waals surface area contributed by atoms with Gasteiger partial charge in [0.1, 0.15) is 16.3 Å². The number of hydrogen-bond acceptors (Lipinski definition) is 6. The van der Waals surface area contributed by atoms with Gasteiger partial charge in [-0.25, -0.2) is 18.0 Å². The minimum absolute atomic E-state index is 0.929. The number of nitrogens with one attached hydrogen (secondary N) is 4. The Bertz CT molecular complexity index is 636. The molecule has 2 heterocycles. The monoisotopic (exact) mass is 338 g/mol. The third-order valence-corrected chi connectivity index (χ3v) is 5.51. The van der Waals surface area contributed by atoms with E-state index in [1.807, 2.05) is 10.6 Å². The second-order valence-electron chi connectivity index (χ2n) is 5.08. The number of hydrogen-bond donors (Lipinski definition) is 4. The zero-order valence-corrected chi connectivity index (χ0v) is 12.4. The molecule has 21 heavy (non-hydrogen) atoms. The summed E-state index contributed by atoms with van der Waals surface area (Å²) in [5, 5.41) is 6.08. The highest BCUT2D eigenvalue weighted by atomic mass is 35.7. The summed E-state index contributed by atoms with van der Waals surface area (Å²) in [7, 11) is 0.834. The lowest BCUT2D eigenvalue weighted by Crippen LogP contribution is -2.69. The third kappa shape index (κ3) is 2.21. The van der Waals surface area contributed by atoms with Crippen LogP contribution in [0.25, 0.3) is 0 Å². The van der Waals surface area contributed by atoms with Crippen LogP contribution in [-0.2, 0) is 18.6 Å². The molecule has 0 spiro atoms. The van der Waals surface area contributed by atoms with Gasteiger partial charge in [-0.3, -0.25) is 20.2 Å². The van der Waals surface area contributed by atoms with Crippen LogP contribution in [0.3, 0.4) is 0 Å². The molecule has 2 aliphatic rings. The Balaban J connectivity index is 2.62. The Hall–Kier alpha value is -1.88. The molecule has 10 nitrogen and oxygen atoms in total. The number of urea groups is 2. The van der Waals surface area contributed by atoms with E-state index in [1.165, 1.54) is 0 Å². The van der Waals surface area contributed by atoms with Gasteiger partial charge in [0.05, 0.1) is 0 Å². The second kappa shape index (κ2) is 4.31. The number of carbonyl (C=O) groups excluding carboxylic acids is 4. The average Bonchev–Trinajstić information content (AvgIpc) is 2.62. The molecule has 0 bridgehead atoms. The van der Waals surface area contributed by atoms with E-state index in [4.69, 9.17) is 10.7 Å². The summed E-state index contributed by atoms with van der Waals surface area (Å²) in [6.07, 6.45) is 0. The van der Waals surface area contributed by atoms with Gasteiger partial charge in [0, 0.05) is 10.7 Å². The van der Waals surface area contributed by atoms with Gasteiger partial charge in [0.15, 0.2) is 0 Å². The fourth-order valence-corrected chi connectivity index (χ4v) is 5.15. The fraction of sp³-hybridized carbons (Fsp3) is 0.556. The summed E-state index contributed by atoms with van der Waals surface area (Å²) in [6, 6.07) is -1.86. The summed E-state index contributed by atoms with van der Waals surface area (Å²) in [4.78, 5) is 46.4. The molecule has 0 unspecified atom stereocenters. The van der Waals surface area contributed by atoms with Crippen molar-refractivity contribution >= 4 is 43.6 Å². The third-order valence-electron chi connectivity index (χ3n) is 3.47. The first-order chi connectivity index (χ1) is 9.41. The van der Waals surface area contributed by atoms with E-state index < -0.39 is 49.3 Å². The van der Waals surface area contributed by atoms with E-state index in [-0.39, 0.29) is 0 Å². The molecule has 6 amide bonds. The lowest BCUT2D eigenvalue weighted by molar-refractivity contribution is -0.126. The van der Waals surface area contributed by atoms with E-state index in [9.17, 15) is 27.6 Å². The summed E-state index contributed by atoms with van der Waals surface area (Å²) < 4.78 is 23.8. The molecule has 2 saturated heterocycles. The van der Waals surface area contributed by atoms with Crippen LogP contribution < -0.4 is 21.3 Å². The Morgan fingerprint density at radius 3 is 1.43 bits per heavy atom. The quantitative estimate of drug-likeness (QED) is 0.349. The molecule has 2 atom stereocenters. The highest BCUT2D eigenvalue weighted by Gasteiger charge is 2.65. The lowest BCUT2D eigenvalue weighted by Gasteiger charge is -2.37. The number of rotatable bonds is 3. The van der Waals surface area contributed by atoms with Crippen molar-refractivity contribution in [1.82, 2.24) is 21.3 Å². The molecule has 0 saturated carbocycles. The maximum atomic E-state index is 11.9. The molecule has 0 radical (unpaired) electrons. The Labute approximate surface area is 123 Å². The van der Waals surface area contributed by atoms with E-state index in [1.54, 1.807) is 0 Å². The Morgan fingerprint density at radius 2 is 1.24 bits per heavy atom. The highest BCUT2D eigenvalue weighted by molar-refractivity contribution is 8.14. The zero-order chi connectivity index (χ0) is 16.2. The molecule has 0 aromatic rings. The molecule has 2 fully saturated rings. The maximum absolute atomic E-state index is 11.9. The van der Waals surface area contributed by atoms with Gasteiger partial charge in [-0.2, -0.15) is 0 Å². The van der Waals surface area contributed by atoms with Gasteiger partial charge < -0.3 is 10.6 Å². The van der Waals surface area contributed by atoms with Gasteiger partial charge in [-0.05, 0) is 13.8 Å². The smallest absolute Gasteiger partial charge is 0.322 e. The number of halogens is 1. The molecule has 0 aromatic heterocycles. The normalized spacial score (nSPS) is 32.8. The molecule has 4 N–H and O–H groups in total. The summed E-state index contributed by atoms with van der Waals surface area (Å²) in [6.45, 7) is 2.20. The van der Waals surface area contributed by atoms with E-state index >= 15 is 0 Å². The van der Waals surface area contributed by atoms with Gasteiger partial charge in [-0.15, -0.1) is 0 Å². The predicted octanol–water partition coefficient (Wildman–Crippen LogP) is -1.88. The van der Waals surface area contributed by atoms with Crippen LogP contribution in [0.5, 0.6) is 0 Å². The van der Waals surface area contributed by atoms with Crippen molar-refractivity contribution < 1.29 is 27.6 Å². The van der Waals surface area contributed by atoms with E-state index in [0.717, 1.165) is 13.8 Å². The fourth-order valence-electron chi connectivity index (χ4n) is 2.62. The number of imide groups is 2. The molecule has 2 rings (SSSR count). The molecular formula is C9H11ClN4O6S. The number of amides is 6. The summed E-state index contributed by atoms with van der Waals surface area (Å²) in [5.41, 5.74) is -4.05. The molecule has 0 aliphatic carbocycles. The van der Waals surface area contributed by atoms with Crippen LogP contribution >= 0.6 is 10.7 Å². The Morgan fingerprint density at radius 1 is 0.905 bits per heavy atom. The van der Waals surface area contributed by atoms with Crippen LogP contribution in [0.1, 0.15) is 13.8 Å². The standard InChI is InChI=1S/C9H11ClN4O6S/c1-8(4(15)11-6(17)13-8)3(21(10,19)20)9(2)5(16)12-7(18)14-9/h3H,1-2H3,(H2,11,13,15,17)(H2,12,14,16,18)/t8-,9-/m1/s1. The van der Waals surface area contributed by atoms with Crippen LogP contribution in [0, 0.1) is 0 Å². The van der Waals surface area contributed by atoms with Crippen molar-refractivity contribution in [3.8, 4) is 0 Å². The van der Waals surface area contributed by atoms with Crippen LogP contribution in [0.15, 0.2) is 0 Å². The van der Waals surface area contributed by atoms with E-state index in [2.05, 4.69) is 10.6 Å². The van der Waals surface area contributed by atoms with Gasteiger partial charge in [0.25, 0.3) is 11.8 Å². The molecule has 116 valence electrons. The largest absolute Gasteiger partial charge is 0.322 e. The molecule has 2 aliphatic heterocycles. The molecular weight excluding hydrogens is 328 g/mol. The van der Waals surface area contributed by atoms with Crippen molar-refractivity contribution in [3.05, 3.63) is 0 Å². The minimum atomic E-state index is -4.54. The number of carbonyl (C=O) groups is 4. The van der Waals surface area contributed by atoms with Crippen LogP contribution in [0.4, 0.5) is 9.59 Å². The minimum Gasteiger partial charge on any atom is -0.322 e. The van der Waals surface area contributed by atoms with Crippen LogP contribution in [0.2, 0.25) is 0 Å². The van der Waals surface area contributed by atoms with Crippen molar-refractivity contribution in [2.45, 2.75) is 30.2 Å². The van der Waals surface area contributed by atoms with Gasteiger partial charge in [0.2, 0.25) is 9.05 Å². The average molecular weight is 339 g/mol. The van der Waals surface area contributed by atoms with Crippen LogP contribution in [-0.4, -0.2) is 48.6 Å².